The molecule has 0 spiro atoms. The number of nitrogens with zero attached hydrogens (tertiary/aromatic N) is 1. The van der Waals surface area contributed by atoms with E-state index in [1.54, 1.807) is 0 Å². The molecule has 2 aromatic rings. The lowest BCUT2D eigenvalue weighted by Gasteiger charge is -2.47. The molecule has 2 atom stereocenters. The van der Waals surface area contributed by atoms with Crippen molar-refractivity contribution in [3.8, 4) is 0 Å². The number of carbonyl (C=O) groups is 2. The summed E-state index contributed by atoms with van der Waals surface area (Å²) in [6, 6.07) is 18.5. The van der Waals surface area contributed by atoms with Crippen LogP contribution in [0.15, 0.2) is 70.8 Å². The van der Waals surface area contributed by atoms with Crippen LogP contribution in [-0.4, -0.2) is 33.9 Å². The first-order chi connectivity index (χ1) is 13.1. The van der Waals surface area contributed by atoms with Gasteiger partial charge in [0.15, 0.2) is 6.10 Å². The highest BCUT2D eigenvalue weighted by atomic mass is 79.9. The zero-order valence-electron chi connectivity index (χ0n) is 14.2. The van der Waals surface area contributed by atoms with Crippen LogP contribution in [0.2, 0.25) is 0 Å². The van der Waals surface area contributed by atoms with E-state index in [9.17, 15) is 9.59 Å². The van der Waals surface area contributed by atoms with E-state index in [0.717, 1.165) is 11.1 Å². The molecule has 4 rings (SSSR count). The molecule has 5 nitrogen and oxygen atoms in total. The number of benzene rings is 2. The molecule has 2 aliphatic rings. The minimum Gasteiger partial charge on any atom is -0.448 e. The Balaban J connectivity index is 1.65. The van der Waals surface area contributed by atoms with E-state index in [0.29, 0.717) is 10.2 Å². The second-order valence-corrected chi connectivity index (χ2v) is 8.36. The number of esters is 1. The third-order valence-corrected chi connectivity index (χ3v) is 6.91. The van der Waals surface area contributed by atoms with E-state index in [1.165, 1.54) is 16.7 Å². The molecule has 7 heteroatoms. The largest absolute Gasteiger partial charge is 0.448 e. The average Bonchev–Trinajstić information content (AvgIpc) is 2.72. The summed E-state index contributed by atoms with van der Waals surface area (Å²) in [6.07, 6.45) is -0.564. The number of halogens is 1. The predicted octanol–water partition coefficient (Wildman–Crippen LogP) is 3.17. The summed E-state index contributed by atoms with van der Waals surface area (Å²) in [5.41, 5.74) is 7.84. The second kappa shape index (κ2) is 7.50. The Labute approximate surface area is 169 Å². The minimum atomic E-state index is -0.572. The maximum atomic E-state index is 13.1. The number of rotatable bonds is 4. The molecule has 1 fully saturated rings. The summed E-state index contributed by atoms with van der Waals surface area (Å²) in [5.74, 6) is -0.217. The van der Waals surface area contributed by atoms with Crippen LogP contribution < -0.4 is 5.73 Å². The van der Waals surface area contributed by atoms with E-state index in [1.807, 2.05) is 60.7 Å². The summed E-state index contributed by atoms with van der Waals surface area (Å²) < 4.78 is 6.55. The Hall–Kier alpha value is -2.09. The molecule has 2 heterocycles. The van der Waals surface area contributed by atoms with Crippen molar-refractivity contribution in [3.63, 3.8) is 0 Å². The number of amides is 1. The molecule has 0 saturated carbocycles. The molecule has 1 saturated heterocycles. The quantitative estimate of drug-likeness (QED) is 0.578. The van der Waals surface area contributed by atoms with Crippen LogP contribution in [0, 0.1) is 0 Å². The van der Waals surface area contributed by atoms with Crippen LogP contribution in [0.3, 0.4) is 0 Å². The molecule has 2 aliphatic heterocycles. The molecule has 0 aliphatic carbocycles. The topological polar surface area (TPSA) is 72.6 Å². The van der Waals surface area contributed by atoms with Gasteiger partial charge in [-0.25, -0.2) is 4.79 Å². The highest BCUT2D eigenvalue weighted by Crippen LogP contribution is 2.42. The molecule has 2 N–H and O–H groups in total. The minimum absolute atomic E-state index is 0.215. The van der Waals surface area contributed by atoms with Crippen LogP contribution >= 0.6 is 27.7 Å². The van der Waals surface area contributed by atoms with Crippen molar-refractivity contribution in [2.75, 3.05) is 5.75 Å². The van der Waals surface area contributed by atoms with Gasteiger partial charge in [-0.1, -0.05) is 76.6 Å². The van der Waals surface area contributed by atoms with E-state index >= 15 is 0 Å². The van der Waals surface area contributed by atoms with Gasteiger partial charge in [0.2, 0.25) is 5.91 Å². The molecule has 1 amide bonds. The molecule has 0 aromatic heterocycles. The molecular weight excluding hydrogens is 428 g/mol. The smallest absolute Gasteiger partial charge is 0.356 e. The first-order valence-electron chi connectivity index (χ1n) is 8.47. The Bertz CT molecular complexity index is 864. The van der Waals surface area contributed by atoms with E-state index in [2.05, 4.69) is 15.9 Å². The van der Waals surface area contributed by atoms with Crippen molar-refractivity contribution >= 4 is 39.6 Å². The van der Waals surface area contributed by atoms with Gasteiger partial charge in [-0.15, -0.1) is 11.8 Å². The van der Waals surface area contributed by atoms with Gasteiger partial charge in [0.1, 0.15) is 17.1 Å². The van der Waals surface area contributed by atoms with Gasteiger partial charge < -0.3 is 10.5 Å². The van der Waals surface area contributed by atoms with Crippen LogP contribution in [0.5, 0.6) is 0 Å². The fourth-order valence-corrected chi connectivity index (χ4v) is 5.10. The van der Waals surface area contributed by atoms with Gasteiger partial charge in [0.05, 0.1) is 0 Å². The lowest BCUT2D eigenvalue weighted by atomic mass is 10.0. The lowest BCUT2D eigenvalue weighted by molar-refractivity contribution is -0.152. The number of hydrogen-bond donors (Lipinski definition) is 1. The molecule has 2 aromatic carbocycles. The molecule has 1 unspecified atom stereocenters. The van der Waals surface area contributed by atoms with Gasteiger partial charge in [0.25, 0.3) is 0 Å². The maximum absolute atomic E-state index is 13.1. The van der Waals surface area contributed by atoms with Gasteiger partial charge in [-0.05, 0) is 11.1 Å². The first-order valence-corrected chi connectivity index (χ1v) is 10.3. The summed E-state index contributed by atoms with van der Waals surface area (Å²) in [5, 5.41) is -0.215. The summed E-state index contributed by atoms with van der Waals surface area (Å²) in [6.45, 7) is 0. The number of nitrogens with two attached hydrogens (primary N) is 1. The zero-order valence-corrected chi connectivity index (χ0v) is 16.7. The van der Waals surface area contributed by atoms with Crippen LogP contribution in [0.25, 0.3) is 0 Å². The Kier molecular flexibility index (Phi) is 5.08. The van der Waals surface area contributed by atoms with Crippen molar-refractivity contribution in [1.29, 1.82) is 0 Å². The van der Waals surface area contributed by atoms with Crippen molar-refractivity contribution in [2.24, 2.45) is 5.73 Å². The van der Waals surface area contributed by atoms with E-state index < -0.39 is 18.1 Å². The highest BCUT2D eigenvalue weighted by Gasteiger charge is 2.52. The van der Waals surface area contributed by atoms with E-state index in [-0.39, 0.29) is 17.0 Å². The van der Waals surface area contributed by atoms with Gasteiger partial charge in [-0.3, -0.25) is 9.69 Å². The molecule has 27 heavy (non-hydrogen) atoms. The third-order valence-electron chi connectivity index (χ3n) is 4.59. The molecule has 0 bridgehead atoms. The van der Waals surface area contributed by atoms with Crippen molar-refractivity contribution < 1.29 is 14.3 Å². The first kappa shape index (κ1) is 18.3. The number of hydrogen-bond acceptors (Lipinski definition) is 5. The monoisotopic (exact) mass is 444 g/mol. The maximum Gasteiger partial charge on any atom is 0.356 e. The predicted molar refractivity (Wildman–Crippen MR) is 108 cm³/mol. The standard InChI is InChI=1S/C20H17BrN2O3S/c21-14-11-27-19-15(22)18(24)23(19)16(14)20(25)26-17(12-7-3-1-4-8-12)13-9-5-2-6-10-13/h1-10,15,17,19H,11,22H2/t15?,19-/m0/s1. The summed E-state index contributed by atoms with van der Waals surface area (Å²) in [4.78, 5) is 26.7. The second-order valence-electron chi connectivity index (χ2n) is 6.30. The van der Waals surface area contributed by atoms with E-state index in [4.69, 9.17) is 10.5 Å². The Morgan fingerprint density at radius 2 is 1.67 bits per heavy atom. The van der Waals surface area contributed by atoms with Gasteiger partial charge >= 0.3 is 5.97 Å². The number of fused-ring (bicyclic) bond motifs is 1. The molecule has 138 valence electrons. The molecular formula is C20H17BrN2O3S. The number of carbonyl (C=O) groups excluding carboxylic acids is 2. The number of β-lactam (4-membered cyclic amide) rings is 1. The lowest BCUT2D eigenvalue weighted by Crippen LogP contribution is -2.68. The van der Waals surface area contributed by atoms with Crippen LogP contribution in [0.4, 0.5) is 0 Å². The van der Waals surface area contributed by atoms with Crippen molar-refractivity contribution in [1.82, 2.24) is 4.90 Å². The summed E-state index contributed by atoms with van der Waals surface area (Å²) >= 11 is 4.96. The SMILES string of the molecule is NC1C(=O)N2C(C(=O)OC(c3ccccc3)c3ccccc3)=C(Br)CS[C@@H]12. The van der Waals surface area contributed by atoms with Gasteiger partial charge in [-0.2, -0.15) is 0 Å². The van der Waals surface area contributed by atoms with Crippen LogP contribution in [0.1, 0.15) is 17.2 Å². The molecule has 0 radical (unpaired) electrons. The highest BCUT2D eigenvalue weighted by molar-refractivity contribution is 9.11. The zero-order chi connectivity index (χ0) is 19.0. The fourth-order valence-electron chi connectivity index (χ4n) is 3.22. The fraction of sp³-hybridized carbons (Fsp3) is 0.200. The number of ether oxygens (including phenoxy) is 1. The number of thioether (sulfide) groups is 1. The van der Waals surface area contributed by atoms with Crippen LogP contribution in [-0.2, 0) is 14.3 Å². The average molecular weight is 445 g/mol. The van der Waals surface area contributed by atoms with Gasteiger partial charge in [0, 0.05) is 10.2 Å². The summed E-state index contributed by atoms with van der Waals surface area (Å²) in [7, 11) is 0. The Morgan fingerprint density at radius 1 is 1.11 bits per heavy atom. The van der Waals surface area contributed by atoms with Crippen molar-refractivity contribution in [2.45, 2.75) is 17.5 Å². The third kappa shape index (κ3) is 3.31. The Morgan fingerprint density at radius 3 is 2.22 bits per heavy atom. The normalized spacial score (nSPS) is 21.7. The van der Waals surface area contributed by atoms with Crippen molar-refractivity contribution in [3.05, 3.63) is 82.0 Å².